The average molecular weight is 825 g/mol. The minimum absolute atomic E-state index is 0.0647. The van der Waals surface area contributed by atoms with E-state index in [4.69, 9.17) is 25.7 Å². The molecule has 0 radical (unpaired) electrons. The molecule has 0 fully saturated rings. The van der Waals surface area contributed by atoms with Gasteiger partial charge in [-0.05, 0) is 106 Å². The maximum atomic E-state index is 13.5. The van der Waals surface area contributed by atoms with Crippen molar-refractivity contribution < 1.29 is 51.4 Å². The van der Waals surface area contributed by atoms with E-state index in [1.807, 2.05) is 13.8 Å². The van der Waals surface area contributed by atoms with Gasteiger partial charge in [0.2, 0.25) is 29.6 Å². The van der Waals surface area contributed by atoms with Gasteiger partial charge in [-0.3, -0.25) is 29.0 Å². The van der Waals surface area contributed by atoms with Crippen LogP contribution in [0.3, 0.4) is 0 Å². The topological polar surface area (TPSA) is 289 Å². The number of sulfonamides is 1. The third-order valence-electron chi connectivity index (χ3n) is 8.26. The Bertz CT molecular complexity index is 1850. The van der Waals surface area contributed by atoms with Crippen LogP contribution in [0.5, 0.6) is 5.75 Å². The summed E-state index contributed by atoms with van der Waals surface area (Å²) in [6.45, 7) is 17.2. The van der Waals surface area contributed by atoms with Gasteiger partial charge in [0.25, 0.3) is 10.0 Å². The fraction of sp³-hybridized carbons (Fsp3) is 0.649. The summed E-state index contributed by atoms with van der Waals surface area (Å²) in [6, 6.07) is -2.70. The number of amides is 4. The number of fused-ring (bicyclic) bond motifs is 1. The van der Waals surface area contributed by atoms with E-state index >= 15 is 0 Å². The molecular formula is C37H60N8O11S. The number of hydrogen-bond acceptors (Lipinski definition) is 13. The Morgan fingerprint density at radius 2 is 1.40 bits per heavy atom. The standard InChI is InChI=1S/C37H60N8O11S/c1-20-21(2)31(22(3)23-16-37(10,11)55-30(20)23)57(52,53)45-34(39)40-14-12-13-24(43-27(47)18-41-26(46)17-38)32(50)42-19-28(48)44-25(33(51)56-36(7,8)9)15-29(49)54-35(4,5)6/h24-25H,12-19,38H2,1-11H3,(H,41,46)(H,42,50)(H,43,47)(H,44,48)(H3,39,40,45)/t24-,25-/m0/s1. The number of rotatable bonds is 17. The van der Waals surface area contributed by atoms with Crippen molar-refractivity contribution in [2.45, 2.75) is 136 Å². The highest BCUT2D eigenvalue weighted by Crippen LogP contribution is 2.43. The van der Waals surface area contributed by atoms with Gasteiger partial charge in [0.1, 0.15) is 34.6 Å². The highest BCUT2D eigenvalue weighted by atomic mass is 32.2. The summed E-state index contributed by atoms with van der Waals surface area (Å²) in [4.78, 5) is 79.9. The van der Waals surface area contributed by atoms with E-state index in [1.54, 1.807) is 62.3 Å². The molecular weight excluding hydrogens is 765 g/mol. The number of carbonyl (C=O) groups is 6. The molecule has 1 aromatic rings. The molecule has 2 rings (SSSR count). The SMILES string of the molecule is Cc1c(C)c(S(=O)(=O)NC(N)=NCCC[C@H](NC(=O)CNC(=O)CN)C(=O)NCC(=O)N[C@@H](CC(=O)OC(C)(C)C)C(=O)OC(C)(C)C)c(C)c2c1OC(C)(C)C2. The summed E-state index contributed by atoms with van der Waals surface area (Å²) < 4.78 is 46.1. The van der Waals surface area contributed by atoms with Gasteiger partial charge in [-0.15, -0.1) is 0 Å². The number of guanidine groups is 1. The van der Waals surface area contributed by atoms with Crippen molar-refractivity contribution in [1.82, 2.24) is 26.0 Å². The van der Waals surface area contributed by atoms with Gasteiger partial charge in [-0.1, -0.05) is 0 Å². The highest BCUT2D eigenvalue weighted by Gasteiger charge is 2.37. The van der Waals surface area contributed by atoms with Crippen LogP contribution in [-0.2, 0) is 54.7 Å². The Morgan fingerprint density at radius 3 is 1.96 bits per heavy atom. The predicted molar refractivity (Wildman–Crippen MR) is 210 cm³/mol. The average Bonchev–Trinajstić information content (AvgIpc) is 3.39. The summed E-state index contributed by atoms with van der Waals surface area (Å²) in [7, 11) is -4.17. The number of aliphatic imine (C=N–C) groups is 1. The van der Waals surface area contributed by atoms with E-state index in [0.29, 0.717) is 28.9 Å². The summed E-state index contributed by atoms with van der Waals surface area (Å²) in [5, 5.41) is 9.52. The summed E-state index contributed by atoms with van der Waals surface area (Å²) >= 11 is 0. The zero-order valence-corrected chi connectivity index (χ0v) is 35.6. The first-order valence-electron chi connectivity index (χ1n) is 18.5. The van der Waals surface area contributed by atoms with Crippen molar-refractivity contribution in [1.29, 1.82) is 0 Å². The van der Waals surface area contributed by atoms with Crippen LogP contribution < -0.4 is 42.2 Å². The van der Waals surface area contributed by atoms with E-state index in [-0.39, 0.29) is 30.8 Å². The van der Waals surface area contributed by atoms with E-state index in [9.17, 15) is 37.2 Å². The fourth-order valence-corrected chi connectivity index (χ4v) is 7.31. The molecule has 9 N–H and O–H groups in total. The van der Waals surface area contributed by atoms with Gasteiger partial charge in [-0.25, -0.2) is 17.9 Å². The lowest BCUT2D eigenvalue weighted by molar-refractivity contribution is -0.165. The quantitative estimate of drug-likeness (QED) is 0.0470. The zero-order chi connectivity index (χ0) is 43.7. The molecule has 0 saturated heterocycles. The maximum Gasteiger partial charge on any atom is 0.329 e. The second-order valence-electron chi connectivity index (χ2n) is 16.3. The molecule has 320 valence electrons. The minimum Gasteiger partial charge on any atom is -0.487 e. The molecule has 57 heavy (non-hydrogen) atoms. The number of benzene rings is 1. The monoisotopic (exact) mass is 824 g/mol. The molecule has 0 aromatic heterocycles. The lowest BCUT2D eigenvalue weighted by atomic mass is 9.94. The van der Waals surface area contributed by atoms with Crippen LogP contribution >= 0.6 is 0 Å². The predicted octanol–water partition coefficient (Wildman–Crippen LogP) is -0.0672. The highest BCUT2D eigenvalue weighted by molar-refractivity contribution is 7.90. The number of nitrogens with two attached hydrogens (primary N) is 2. The van der Waals surface area contributed by atoms with Crippen molar-refractivity contribution in [3.05, 3.63) is 22.3 Å². The fourth-order valence-electron chi connectivity index (χ4n) is 5.78. The first kappa shape index (κ1) is 48.2. The Labute approximate surface area is 334 Å². The molecule has 4 amide bonds. The third-order valence-corrected chi connectivity index (χ3v) is 9.88. The van der Waals surface area contributed by atoms with Gasteiger partial charge in [0.05, 0.1) is 31.0 Å². The Balaban J connectivity index is 2.15. The number of esters is 2. The molecule has 1 aliphatic heterocycles. The maximum absolute atomic E-state index is 13.5. The van der Waals surface area contributed by atoms with Crippen molar-refractivity contribution in [2.24, 2.45) is 16.5 Å². The largest absolute Gasteiger partial charge is 0.487 e. The Morgan fingerprint density at radius 1 is 0.842 bits per heavy atom. The van der Waals surface area contributed by atoms with Crippen molar-refractivity contribution in [3.63, 3.8) is 0 Å². The van der Waals surface area contributed by atoms with Crippen LogP contribution in [0.2, 0.25) is 0 Å². The van der Waals surface area contributed by atoms with Gasteiger partial charge < -0.3 is 46.9 Å². The van der Waals surface area contributed by atoms with E-state index in [0.717, 1.165) is 5.56 Å². The van der Waals surface area contributed by atoms with Crippen LogP contribution in [0.25, 0.3) is 0 Å². The molecule has 1 heterocycles. The van der Waals surface area contributed by atoms with Crippen molar-refractivity contribution in [2.75, 3.05) is 26.2 Å². The van der Waals surface area contributed by atoms with Crippen molar-refractivity contribution >= 4 is 51.6 Å². The number of carbonyl (C=O) groups excluding carboxylic acids is 6. The van der Waals surface area contributed by atoms with Crippen LogP contribution in [0, 0.1) is 20.8 Å². The van der Waals surface area contributed by atoms with Crippen LogP contribution in [-0.4, -0.2) is 105 Å². The molecule has 2 atom stereocenters. The van der Waals surface area contributed by atoms with E-state index < -0.39 is 99.9 Å². The molecule has 0 unspecified atom stereocenters. The molecule has 0 saturated carbocycles. The smallest absolute Gasteiger partial charge is 0.329 e. The summed E-state index contributed by atoms with van der Waals surface area (Å²) in [5.41, 5.74) is 11.5. The lowest BCUT2D eigenvalue weighted by Crippen LogP contribution is -2.53. The Hall–Kier alpha value is -4.98. The molecule has 1 aromatic carbocycles. The van der Waals surface area contributed by atoms with E-state index in [2.05, 4.69) is 31.0 Å². The van der Waals surface area contributed by atoms with Gasteiger partial charge in [0, 0.05) is 18.5 Å². The first-order chi connectivity index (χ1) is 26.1. The summed E-state index contributed by atoms with van der Waals surface area (Å²) in [6.07, 6.45) is 0.0156. The van der Waals surface area contributed by atoms with Gasteiger partial charge >= 0.3 is 11.9 Å². The van der Waals surface area contributed by atoms with Crippen LogP contribution in [0.15, 0.2) is 9.89 Å². The number of ether oxygens (including phenoxy) is 3. The molecule has 1 aliphatic rings. The second-order valence-corrected chi connectivity index (χ2v) is 17.9. The van der Waals surface area contributed by atoms with Crippen molar-refractivity contribution in [3.8, 4) is 5.75 Å². The van der Waals surface area contributed by atoms with E-state index in [1.165, 1.54) is 0 Å². The molecule has 0 spiro atoms. The van der Waals surface area contributed by atoms with Gasteiger partial charge in [0.15, 0.2) is 0 Å². The van der Waals surface area contributed by atoms with Crippen LogP contribution in [0.4, 0.5) is 0 Å². The summed E-state index contributed by atoms with van der Waals surface area (Å²) in [5.74, 6) is -4.42. The van der Waals surface area contributed by atoms with Crippen LogP contribution in [0.1, 0.15) is 96.9 Å². The Kier molecular flexibility index (Phi) is 16.4. The molecule has 19 nitrogen and oxygen atoms in total. The molecule has 0 aliphatic carbocycles. The minimum atomic E-state index is -4.17. The molecule has 20 heteroatoms. The lowest BCUT2D eigenvalue weighted by Gasteiger charge is -2.26. The molecule has 0 bridgehead atoms. The second kappa shape index (κ2) is 19.4. The third kappa shape index (κ3) is 15.5. The number of hydrogen-bond donors (Lipinski definition) is 7. The normalized spacial score (nSPS) is 14.9. The zero-order valence-electron chi connectivity index (χ0n) is 34.8. The number of nitrogens with one attached hydrogen (secondary N) is 5. The van der Waals surface area contributed by atoms with Gasteiger partial charge in [-0.2, -0.15) is 0 Å². The first-order valence-corrected chi connectivity index (χ1v) is 20.0. The number of nitrogens with zero attached hydrogens (tertiary/aromatic N) is 1.